The molecule has 6 heteroatoms. The Balaban J connectivity index is 2.89. The van der Waals surface area contributed by atoms with Gasteiger partial charge in [-0.1, -0.05) is 0 Å². The van der Waals surface area contributed by atoms with Crippen molar-refractivity contribution in [2.24, 2.45) is 0 Å². The summed E-state index contributed by atoms with van der Waals surface area (Å²) in [5.74, 6) is -1.42. The second kappa shape index (κ2) is 3.26. The first-order valence-electron chi connectivity index (χ1n) is 4.05. The van der Waals surface area contributed by atoms with Gasteiger partial charge in [-0.25, -0.2) is 8.42 Å². The van der Waals surface area contributed by atoms with Crippen molar-refractivity contribution in [3.8, 4) is 0 Å². The molecule has 1 heterocycles. The normalized spacial score (nSPS) is 38.5. The van der Waals surface area contributed by atoms with E-state index in [-0.39, 0.29) is 11.8 Å². The van der Waals surface area contributed by atoms with Gasteiger partial charge < -0.3 is 5.11 Å². The van der Waals surface area contributed by atoms with Crippen LogP contribution in [0.5, 0.6) is 0 Å². The van der Waals surface area contributed by atoms with Crippen LogP contribution in [0.3, 0.4) is 0 Å². The SMILES string of the molecule is CC1NC(C(=O)O)CS(=O)(=O)C1C. The first-order chi connectivity index (χ1) is 5.84. The molecule has 0 saturated carbocycles. The fourth-order valence-electron chi connectivity index (χ4n) is 1.34. The number of sulfone groups is 1. The van der Waals surface area contributed by atoms with E-state index in [2.05, 4.69) is 5.32 Å². The highest BCUT2D eigenvalue weighted by atomic mass is 32.2. The van der Waals surface area contributed by atoms with Gasteiger partial charge in [0, 0.05) is 6.04 Å². The molecule has 1 aliphatic heterocycles. The first kappa shape index (κ1) is 10.5. The van der Waals surface area contributed by atoms with Crippen molar-refractivity contribution in [3.05, 3.63) is 0 Å². The van der Waals surface area contributed by atoms with E-state index in [0.29, 0.717) is 0 Å². The van der Waals surface area contributed by atoms with E-state index in [9.17, 15) is 13.2 Å². The van der Waals surface area contributed by atoms with Crippen molar-refractivity contribution in [1.82, 2.24) is 5.32 Å². The van der Waals surface area contributed by atoms with Crippen LogP contribution in [-0.2, 0) is 14.6 Å². The van der Waals surface area contributed by atoms with Crippen LogP contribution in [0.2, 0.25) is 0 Å². The van der Waals surface area contributed by atoms with Gasteiger partial charge in [-0.05, 0) is 13.8 Å². The Morgan fingerprint density at radius 2 is 2.00 bits per heavy atom. The van der Waals surface area contributed by atoms with Crippen molar-refractivity contribution in [1.29, 1.82) is 0 Å². The highest BCUT2D eigenvalue weighted by Gasteiger charge is 2.38. The minimum Gasteiger partial charge on any atom is -0.480 e. The van der Waals surface area contributed by atoms with Crippen LogP contribution in [-0.4, -0.2) is 42.6 Å². The second-order valence-electron chi connectivity index (χ2n) is 3.38. The van der Waals surface area contributed by atoms with Gasteiger partial charge in [-0.3, -0.25) is 10.1 Å². The van der Waals surface area contributed by atoms with Crippen LogP contribution < -0.4 is 5.32 Å². The van der Waals surface area contributed by atoms with Crippen LogP contribution in [0.25, 0.3) is 0 Å². The number of hydrogen-bond donors (Lipinski definition) is 2. The maximum atomic E-state index is 11.4. The van der Waals surface area contributed by atoms with Gasteiger partial charge in [-0.2, -0.15) is 0 Å². The average molecular weight is 207 g/mol. The molecule has 0 radical (unpaired) electrons. The van der Waals surface area contributed by atoms with Gasteiger partial charge in [0.15, 0.2) is 9.84 Å². The number of aliphatic carboxylic acids is 1. The van der Waals surface area contributed by atoms with E-state index in [0.717, 1.165) is 0 Å². The first-order valence-corrected chi connectivity index (χ1v) is 5.76. The van der Waals surface area contributed by atoms with Crippen LogP contribution in [0.1, 0.15) is 13.8 Å². The molecule has 1 fully saturated rings. The van der Waals surface area contributed by atoms with Crippen molar-refractivity contribution in [3.63, 3.8) is 0 Å². The Morgan fingerprint density at radius 1 is 1.46 bits per heavy atom. The predicted octanol–water partition coefficient (Wildman–Crippen LogP) is -0.765. The van der Waals surface area contributed by atoms with E-state index in [1.165, 1.54) is 0 Å². The van der Waals surface area contributed by atoms with E-state index < -0.39 is 27.1 Å². The van der Waals surface area contributed by atoms with Gasteiger partial charge in [0.2, 0.25) is 0 Å². The smallest absolute Gasteiger partial charge is 0.321 e. The maximum Gasteiger partial charge on any atom is 0.321 e. The summed E-state index contributed by atoms with van der Waals surface area (Å²) in [5, 5.41) is 10.9. The zero-order valence-corrected chi connectivity index (χ0v) is 8.34. The largest absolute Gasteiger partial charge is 0.480 e. The standard InChI is InChI=1S/C7H13NO4S/c1-4-5(2)13(11,12)3-6(8-4)7(9)10/h4-6,8H,3H2,1-2H3,(H,9,10). The van der Waals surface area contributed by atoms with Crippen molar-refractivity contribution in [2.75, 3.05) is 5.75 Å². The minimum atomic E-state index is -3.25. The zero-order chi connectivity index (χ0) is 10.2. The lowest BCUT2D eigenvalue weighted by Crippen LogP contribution is -2.57. The summed E-state index contributed by atoms with van der Waals surface area (Å²) in [6, 6.07) is -1.27. The molecule has 1 rings (SSSR count). The lowest BCUT2D eigenvalue weighted by Gasteiger charge is -2.31. The Morgan fingerprint density at radius 3 is 2.38 bits per heavy atom. The Kier molecular flexibility index (Phi) is 2.63. The molecule has 0 amide bonds. The summed E-state index contributed by atoms with van der Waals surface area (Å²) in [4.78, 5) is 10.6. The van der Waals surface area contributed by atoms with Gasteiger partial charge in [-0.15, -0.1) is 0 Å². The highest BCUT2D eigenvalue weighted by molar-refractivity contribution is 7.92. The summed E-state index contributed by atoms with van der Waals surface area (Å²) in [6.45, 7) is 3.27. The second-order valence-corrected chi connectivity index (χ2v) is 5.78. The van der Waals surface area contributed by atoms with Crippen LogP contribution >= 0.6 is 0 Å². The summed E-state index contributed by atoms with van der Waals surface area (Å²) in [5.41, 5.74) is 0. The number of nitrogens with one attached hydrogen (secondary N) is 1. The number of carboxylic acid groups (broad SMARTS) is 1. The molecule has 1 aliphatic rings. The van der Waals surface area contributed by atoms with Crippen LogP contribution in [0.15, 0.2) is 0 Å². The predicted molar refractivity (Wildman–Crippen MR) is 47.3 cm³/mol. The summed E-state index contributed by atoms with van der Waals surface area (Å²) >= 11 is 0. The molecule has 3 atom stereocenters. The minimum absolute atomic E-state index is 0.306. The number of rotatable bonds is 1. The van der Waals surface area contributed by atoms with Crippen molar-refractivity contribution in [2.45, 2.75) is 31.2 Å². The molecule has 1 saturated heterocycles. The van der Waals surface area contributed by atoms with Gasteiger partial charge >= 0.3 is 5.97 Å². The third-order valence-corrected chi connectivity index (χ3v) is 4.77. The third-order valence-electron chi connectivity index (χ3n) is 2.43. The average Bonchev–Trinajstić information content (AvgIpc) is 1.99. The molecule has 3 unspecified atom stereocenters. The Hall–Kier alpha value is -0.620. The molecule has 76 valence electrons. The Labute approximate surface area is 77.1 Å². The fraction of sp³-hybridized carbons (Fsp3) is 0.857. The highest BCUT2D eigenvalue weighted by Crippen LogP contribution is 2.14. The quantitative estimate of drug-likeness (QED) is 0.590. The Bertz CT molecular complexity index is 310. The number of hydrogen-bond acceptors (Lipinski definition) is 4. The van der Waals surface area contributed by atoms with Crippen LogP contribution in [0, 0.1) is 0 Å². The van der Waals surface area contributed by atoms with E-state index >= 15 is 0 Å². The lowest BCUT2D eigenvalue weighted by atomic mass is 10.2. The molecule has 0 aliphatic carbocycles. The molecule has 0 aromatic heterocycles. The summed E-state index contributed by atoms with van der Waals surface area (Å²) in [7, 11) is -3.25. The molecule has 13 heavy (non-hydrogen) atoms. The molecular formula is C7H13NO4S. The molecule has 0 bridgehead atoms. The molecule has 0 aromatic rings. The number of carbonyl (C=O) groups is 1. The molecular weight excluding hydrogens is 194 g/mol. The zero-order valence-electron chi connectivity index (χ0n) is 7.52. The molecule has 0 aromatic carbocycles. The summed E-state index contributed by atoms with van der Waals surface area (Å²) < 4.78 is 22.8. The third kappa shape index (κ3) is 2.00. The number of carboxylic acids is 1. The van der Waals surface area contributed by atoms with Gasteiger partial charge in [0.25, 0.3) is 0 Å². The van der Waals surface area contributed by atoms with Crippen LogP contribution in [0.4, 0.5) is 0 Å². The maximum absolute atomic E-state index is 11.4. The van der Waals surface area contributed by atoms with Gasteiger partial charge in [0.05, 0.1) is 11.0 Å². The summed E-state index contributed by atoms with van der Waals surface area (Å²) in [6.07, 6.45) is 0. The molecule has 5 nitrogen and oxygen atoms in total. The molecule has 2 N–H and O–H groups in total. The topological polar surface area (TPSA) is 83.5 Å². The fourth-order valence-corrected chi connectivity index (χ4v) is 3.05. The van der Waals surface area contributed by atoms with E-state index in [1.54, 1.807) is 13.8 Å². The van der Waals surface area contributed by atoms with Crippen molar-refractivity contribution >= 4 is 15.8 Å². The monoisotopic (exact) mass is 207 g/mol. The molecule has 0 spiro atoms. The van der Waals surface area contributed by atoms with Gasteiger partial charge in [0.1, 0.15) is 6.04 Å². The lowest BCUT2D eigenvalue weighted by molar-refractivity contribution is -0.139. The van der Waals surface area contributed by atoms with Crippen molar-refractivity contribution < 1.29 is 18.3 Å². The van der Waals surface area contributed by atoms with E-state index in [1.807, 2.05) is 0 Å². The van der Waals surface area contributed by atoms with E-state index in [4.69, 9.17) is 5.11 Å².